The lowest BCUT2D eigenvalue weighted by molar-refractivity contribution is -0.115. The highest BCUT2D eigenvalue weighted by atomic mass is 32.2. The number of fused-ring (bicyclic) bond motifs is 2. The summed E-state index contributed by atoms with van der Waals surface area (Å²) in [5, 5.41) is 11.0. The lowest BCUT2D eigenvalue weighted by Gasteiger charge is -2.07. The van der Waals surface area contributed by atoms with Gasteiger partial charge in [0.15, 0.2) is 11.5 Å². The number of nitrogens with one attached hydrogen (secondary N) is 3. The zero-order chi connectivity index (χ0) is 32.5. The smallest absolute Gasteiger partial charge is 0.228 e. The molecule has 0 saturated heterocycles. The molecule has 5 heterocycles. The summed E-state index contributed by atoms with van der Waals surface area (Å²) in [5.41, 5.74) is 6.90. The first-order valence-corrected chi connectivity index (χ1v) is 16.7. The first kappa shape index (κ1) is 29.9. The summed E-state index contributed by atoms with van der Waals surface area (Å²) in [6.07, 6.45) is 9.79. The number of rotatable bonds is 9. The molecule has 2 aromatic carbocycles. The van der Waals surface area contributed by atoms with Gasteiger partial charge in [0.05, 0.1) is 46.7 Å². The third kappa shape index (κ3) is 6.60. The molecule has 0 unspecified atom stereocenters. The Bertz CT molecular complexity index is 2390. The van der Waals surface area contributed by atoms with Crippen molar-refractivity contribution < 1.29 is 17.6 Å². The third-order valence-corrected chi connectivity index (χ3v) is 8.58. The number of carbonyl (C=O) groups is 1. The molecule has 13 heteroatoms. The molecule has 1 amide bonds. The minimum atomic E-state index is -3.21. The van der Waals surface area contributed by atoms with Crippen LogP contribution in [0.3, 0.4) is 0 Å². The van der Waals surface area contributed by atoms with Crippen molar-refractivity contribution in [3.63, 3.8) is 0 Å². The summed E-state index contributed by atoms with van der Waals surface area (Å²) < 4.78 is 38.0. The van der Waals surface area contributed by atoms with Crippen LogP contribution >= 0.6 is 0 Å². The fourth-order valence-electron chi connectivity index (χ4n) is 5.41. The van der Waals surface area contributed by atoms with Crippen LogP contribution in [0.15, 0.2) is 91.6 Å². The molecule has 5 aromatic heterocycles. The molecule has 7 aromatic rings. The molecule has 3 N–H and O–H groups in total. The highest BCUT2D eigenvalue weighted by Crippen LogP contribution is 2.33. The Morgan fingerprint density at radius 2 is 1.70 bits per heavy atom. The first-order chi connectivity index (χ1) is 22.7. The molecule has 11 nitrogen and oxygen atoms in total. The zero-order valence-electron chi connectivity index (χ0n) is 25.0. The number of sulfone groups is 1. The Kier molecular flexibility index (Phi) is 7.74. The van der Waals surface area contributed by atoms with E-state index in [1.807, 2.05) is 42.5 Å². The van der Waals surface area contributed by atoms with Crippen LogP contribution in [0.25, 0.3) is 55.8 Å². The topological polar surface area (TPSA) is 159 Å². The predicted octanol–water partition coefficient (Wildman–Crippen LogP) is 5.53. The number of hydrogen-bond donors (Lipinski definition) is 3. The van der Waals surface area contributed by atoms with Crippen LogP contribution in [-0.4, -0.2) is 61.5 Å². The van der Waals surface area contributed by atoms with E-state index in [1.54, 1.807) is 37.1 Å². The molecule has 234 valence electrons. The minimum absolute atomic E-state index is 0.0862. The molecular weight excluding hydrogens is 619 g/mol. The van der Waals surface area contributed by atoms with Gasteiger partial charge < -0.3 is 10.3 Å². The van der Waals surface area contributed by atoms with Gasteiger partial charge in [-0.1, -0.05) is 36.4 Å². The van der Waals surface area contributed by atoms with Crippen LogP contribution in [0.5, 0.6) is 0 Å². The number of hydrogen-bond acceptors (Lipinski definition) is 8. The molecule has 0 bridgehead atoms. The number of aryl methyl sites for hydroxylation is 1. The van der Waals surface area contributed by atoms with Crippen molar-refractivity contribution in [2.75, 3.05) is 17.3 Å². The summed E-state index contributed by atoms with van der Waals surface area (Å²) in [7, 11) is -3.21. The van der Waals surface area contributed by atoms with E-state index >= 15 is 0 Å². The fourth-order valence-corrected chi connectivity index (χ4v) is 6.01. The molecule has 0 aliphatic carbocycles. The summed E-state index contributed by atoms with van der Waals surface area (Å²) in [6.45, 7) is 0. The summed E-state index contributed by atoms with van der Waals surface area (Å²) in [6, 6.07) is 17.7. The number of amides is 1. The Morgan fingerprint density at radius 1 is 0.894 bits per heavy atom. The number of imidazole rings is 1. The van der Waals surface area contributed by atoms with E-state index in [4.69, 9.17) is 4.98 Å². The van der Waals surface area contributed by atoms with Gasteiger partial charge >= 0.3 is 0 Å². The Balaban J connectivity index is 1.20. The maximum absolute atomic E-state index is 14.6. The monoisotopic (exact) mass is 646 g/mol. The average Bonchev–Trinajstić information content (AvgIpc) is 3.68. The van der Waals surface area contributed by atoms with E-state index < -0.39 is 15.7 Å². The number of halogens is 1. The van der Waals surface area contributed by atoms with Gasteiger partial charge in [-0.15, -0.1) is 0 Å². The van der Waals surface area contributed by atoms with Gasteiger partial charge in [0.1, 0.15) is 21.3 Å². The normalized spacial score (nSPS) is 11.7. The van der Waals surface area contributed by atoms with Gasteiger partial charge in [-0.2, -0.15) is 5.10 Å². The van der Waals surface area contributed by atoms with Crippen LogP contribution < -0.4 is 5.32 Å². The minimum Gasteiger partial charge on any atom is -0.335 e. The molecule has 0 saturated carbocycles. The Labute approximate surface area is 268 Å². The molecule has 0 fully saturated rings. The molecule has 0 aliphatic heterocycles. The van der Waals surface area contributed by atoms with Gasteiger partial charge in [0, 0.05) is 41.5 Å². The SMILES string of the molecule is CS(=O)(=O)CCc1cc(F)cc(-c2cncc3[nH]c(-c4[nH]nc5ncc(-c6cncc(NC(=O)Cc7ccccc7)c6)cc45)nc23)c1. The lowest BCUT2D eigenvalue weighted by atomic mass is 10.0. The van der Waals surface area contributed by atoms with Crippen LogP contribution in [0.4, 0.5) is 10.1 Å². The molecule has 0 radical (unpaired) electrons. The Morgan fingerprint density at radius 3 is 2.53 bits per heavy atom. The van der Waals surface area contributed by atoms with Gasteiger partial charge in [-0.05, 0) is 47.4 Å². The highest BCUT2D eigenvalue weighted by Gasteiger charge is 2.18. The second-order valence-corrected chi connectivity index (χ2v) is 13.5. The molecule has 0 spiro atoms. The van der Waals surface area contributed by atoms with Gasteiger partial charge in [0.25, 0.3) is 0 Å². The van der Waals surface area contributed by atoms with E-state index in [-0.39, 0.29) is 24.5 Å². The maximum atomic E-state index is 14.6. The summed E-state index contributed by atoms with van der Waals surface area (Å²) >= 11 is 0. The number of carbonyl (C=O) groups excluding carboxylic acids is 1. The van der Waals surface area contributed by atoms with Gasteiger partial charge in [0.2, 0.25) is 5.91 Å². The largest absolute Gasteiger partial charge is 0.335 e. The lowest BCUT2D eigenvalue weighted by Crippen LogP contribution is -2.14. The summed E-state index contributed by atoms with van der Waals surface area (Å²) in [5.74, 6) is -0.240. The molecule has 47 heavy (non-hydrogen) atoms. The van der Waals surface area contributed by atoms with E-state index in [0.717, 1.165) is 22.9 Å². The number of aromatic nitrogens is 7. The number of benzene rings is 2. The van der Waals surface area contributed by atoms with Crippen LogP contribution in [0.2, 0.25) is 0 Å². The van der Waals surface area contributed by atoms with Crippen molar-refractivity contribution in [1.29, 1.82) is 0 Å². The third-order valence-electron chi connectivity index (χ3n) is 7.63. The van der Waals surface area contributed by atoms with Crippen molar-refractivity contribution in [3.05, 3.63) is 109 Å². The molecular formula is C34H27FN8O3S. The predicted molar refractivity (Wildman–Crippen MR) is 178 cm³/mol. The zero-order valence-corrected chi connectivity index (χ0v) is 25.8. The number of pyridine rings is 3. The van der Waals surface area contributed by atoms with Crippen LogP contribution in [-0.2, 0) is 27.5 Å². The second kappa shape index (κ2) is 12.2. The van der Waals surface area contributed by atoms with Crippen molar-refractivity contribution in [3.8, 4) is 33.8 Å². The number of nitrogens with zero attached hydrogens (tertiary/aromatic N) is 5. The standard InChI is InChI=1S/C34H27FN8O3S/c1-47(45,46)8-7-21-9-22(12-25(35)10-21)28-18-37-19-29-31(28)41-34(40-29)32-27-14-24(16-38-33(27)43-42-32)23-13-26(17-36-15-23)39-30(44)11-20-5-3-2-4-6-20/h2-6,9-10,12-19H,7-8,11H2,1H3,(H,39,44)(H,40,41)(H,38,42,43). The van der Waals surface area contributed by atoms with Gasteiger partial charge in [-0.3, -0.25) is 19.9 Å². The maximum Gasteiger partial charge on any atom is 0.228 e. The first-order valence-electron chi connectivity index (χ1n) is 14.6. The van der Waals surface area contributed by atoms with E-state index in [1.165, 1.54) is 12.1 Å². The average molecular weight is 647 g/mol. The fraction of sp³-hybridized carbons (Fsp3) is 0.118. The van der Waals surface area contributed by atoms with Crippen molar-refractivity contribution >= 4 is 43.5 Å². The van der Waals surface area contributed by atoms with E-state index in [0.29, 0.717) is 56.0 Å². The van der Waals surface area contributed by atoms with Crippen LogP contribution in [0, 0.1) is 5.82 Å². The van der Waals surface area contributed by atoms with Crippen LogP contribution in [0.1, 0.15) is 11.1 Å². The van der Waals surface area contributed by atoms with Gasteiger partial charge in [-0.25, -0.2) is 22.8 Å². The second-order valence-electron chi connectivity index (χ2n) is 11.3. The summed E-state index contributed by atoms with van der Waals surface area (Å²) in [4.78, 5) is 33.9. The Hall–Kier alpha value is -5.82. The van der Waals surface area contributed by atoms with E-state index in [9.17, 15) is 17.6 Å². The quantitative estimate of drug-likeness (QED) is 0.185. The van der Waals surface area contributed by atoms with Crippen molar-refractivity contribution in [2.24, 2.45) is 0 Å². The molecule has 0 aliphatic rings. The van der Waals surface area contributed by atoms with Crippen molar-refractivity contribution in [1.82, 2.24) is 35.1 Å². The number of aromatic amines is 2. The van der Waals surface area contributed by atoms with E-state index in [2.05, 4.69) is 35.5 Å². The highest BCUT2D eigenvalue weighted by molar-refractivity contribution is 7.90. The molecule has 7 rings (SSSR count). The number of anilines is 1. The number of H-pyrrole nitrogens is 2. The van der Waals surface area contributed by atoms with Crippen molar-refractivity contribution in [2.45, 2.75) is 12.8 Å². The molecule has 0 atom stereocenters.